The van der Waals surface area contributed by atoms with Crippen LogP contribution in [0, 0.1) is 5.82 Å². The van der Waals surface area contributed by atoms with Crippen molar-refractivity contribution < 1.29 is 31.9 Å². The first-order valence-corrected chi connectivity index (χ1v) is 11.8. The highest BCUT2D eigenvalue weighted by molar-refractivity contribution is 7.89. The van der Waals surface area contributed by atoms with E-state index in [9.17, 15) is 22.4 Å². The van der Waals surface area contributed by atoms with Gasteiger partial charge in [-0.15, -0.1) is 0 Å². The molecule has 0 saturated carbocycles. The summed E-state index contributed by atoms with van der Waals surface area (Å²) < 4.78 is 52.5. The SMILES string of the molecule is COc1ccc(CN2C3(COC3)C(N3C(=O)c4cccc(F)c4C3=O)CCS2(=O)=O)cc1. The summed E-state index contributed by atoms with van der Waals surface area (Å²) in [6, 6.07) is 10.2. The lowest BCUT2D eigenvalue weighted by atomic mass is 9.84. The van der Waals surface area contributed by atoms with Crippen LogP contribution in [0.3, 0.4) is 0 Å². The van der Waals surface area contributed by atoms with Gasteiger partial charge >= 0.3 is 0 Å². The molecule has 3 heterocycles. The van der Waals surface area contributed by atoms with Crippen molar-refractivity contribution in [2.24, 2.45) is 0 Å². The van der Waals surface area contributed by atoms with Gasteiger partial charge in [-0.3, -0.25) is 14.5 Å². The maximum absolute atomic E-state index is 14.4. The molecule has 5 rings (SSSR count). The van der Waals surface area contributed by atoms with E-state index < -0.39 is 39.2 Å². The van der Waals surface area contributed by atoms with Gasteiger partial charge in [0.2, 0.25) is 10.0 Å². The number of methoxy groups -OCH3 is 1. The minimum Gasteiger partial charge on any atom is -0.497 e. The lowest BCUT2D eigenvalue weighted by Crippen LogP contribution is -2.76. The average molecular weight is 460 g/mol. The normalized spacial score (nSPS) is 23.8. The van der Waals surface area contributed by atoms with Crippen LogP contribution in [0.25, 0.3) is 0 Å². The lowest BCUT2D eigenvalue weighted by molar-refractivity contribution is -0.146. The Morgan fingerprint density at radius 2 is 1.84 bits per heavy atom. The molecule has 0 radical (unpaired) electrons. The molecule has 32 heavy (non-hydrogen) atoms. The van der Waals surface area contributed by atoms with Crippen LogP contribution in [0.2, 0.25) is 0 Å². The van der Waals surface area contributed by atoms with E-state index in [2.05, 4.69) is 0 Å². The van der Waals surface area contributed by atoms with E-state index >= 15 is 0 Å². The molecule has 2 amide bonds. The van der Waals surface area contributed by atoms with Crippen molar-refractivity contribution >= 4 is 21.8 Å². The maximum atomic E-state index is 14.4. The third-order valence-electron chi connectivity index (χ3n) is 6.50. The van der Waals surface area contributed by atoms with Crippen LogP contribution >= 0.6 is 0 Å². The molecule has 8 nitrogen and oxygen atoms in total. The summed E-state index contributed by atoms with van der Waals surface area (Å²) in [6.45, 7) is 0.148. The number of sulfonamides is 1. The van der Waals surface area contributed by atoms with Gasteiger partial charge in [0.05, 0.1) is 43.2 Å². The quantitative estimate of drug-likeness (QED) is 0.646. The average Bonchev–Trinajstić information content (AvgIpc) is 3.00. The predicted octanol–water partition coefficient (Wildman–Crippen LogP) is 1.80. The molecule has 2 aromatic rings. The van der Waals surface area contributed by atoms with Gasteiger partial charge in [-0.1, -0.05) is 18.2 Å². The van der Waals surface area contributed by atoms with E-state index in [1.807, 2.05) is 0 Å². The second-order valence-corrected chi connectivity index (χ2v) is 10.2. The molecule has 1 spiro atoms. The van der Waals surface area contributed by atoms with Crippen molar-refractivity contribution in [3.63, 3.8) is 0 Å². The summed E-state index contributed by atoms with van der Waals surface area (Å²) in [5.74, 6) is -1.69. The van der Waals surface area contributed by atoms with Gasteiger partial charge in [-0.25, -0.2) is 12.8 Å². The van der Waals surface area contributed by atoms with E-state index in [1.54, 1.807) is 31.4 Å². The van der Waals surface area contributed by atoms with Gasteiger partial charge in [0, 0.05) is 6.54 Å². The number of benzene rings is 2. The molecule has 10 heteroatoms. The van der Waals surface area contributed by atoms with Crippen molar-refractivity contribution in [2.75, 3.05) is 26.1 Å². The number of hydrogen-bond donors (Lipinski definition) is 0. The van der Waals surface area contributed by atoms with Crippen LogP contribution in [0.4, 0.5) is 4.39 Å². The third kappa shape index (κ3) is 2.97. The van der Waals surface area contributed by atoms with E-state index in [4.69, 9.17) is 9.47 Å². The smallest absolute Gasteiger partial charge is 0.264 e. The Hall–Kier alpha value is -2.82. The maximum Gasteiger partial charge on any atom is 0.264 e. The van der Waals surface area contributed by atoms with Gasteiger partial charge in [-0.05, 0) is 36.2 Å². The number of imide groups is 1. The van der Waals surface area contributed by atoms with Crippen LogP contribution in [0.5, 0.6) is 5.75 Å². The highest BCUT2D eigenvalue weighted by Crippen LogP contribution is 2.43. The number of ether oxygens (including phenoxy) is 2. The Kier molecular flexibility index (Phi) is 4.84. The summed E-state index contributed by atoms with van der Waals surface area (Å²) in [7, 11) is -2.14. The number of rotatable bonds is 4. The molecule has 2 saturated heterocycles. The zero-order valence-corrected chi connectivity index (χ0v) is 18.1. The van der Waals surface area contributed by atoms with Gasteiger partial charge in [-0.2, -0.15) is 4.31 Å². The molecule has 0 aromatic heterocycles. The van der Waals surface area contributed by atoms with Crippen molar-refractivity contribution in [1.29, 1.82) is 0 Å². The number of amides is 2. The molecule has 0 aliphatic carbocycles. The monoisotopic (exact) mass is 460 g/mol. The fourth-order valence-electron chi connectivity index (χ4n) is 4.80. The van der Waals surface area contributed by atoms with Crippen LogP contribution < -0.4 is 4.74 Å². The molecule has 0 N–H and O–H groups in total. The fraction of sp³-hybridized carbons (Fsp3) is 0.364. The number of halogens is 1. The molecule has 2 fully saturated rings. The second-order valence-electron chi connectivity index (χ2n) is 8.21. The lowest BCUT2D eigenvalue weighted by Gasteiger charge is -2.57. The Bertz CT molecular complexity index is 1210. The number of fused-ring (bicyclic) bond motifs is 1. The zero-order valence-electron chi connectivity index (χ0n) is 17.3. The van der Waals surface area contributed by atoms with Gasteiger partial charge in [0.1, 0.15) is 17.1 Å². The summed E-state index contributed by atoms with van der Waals surface area (Å²) >= 11 is 0. The third-order valence-corrected chi connectivity index (χ3v) is 8.41. The summed E-state index contributed by atoms with van der Waals surface area (Å²) in [5, 5.41) is 0. The zero-order chi connectivity index (χ0) is 22.7. The molecule has 3 aliphatic rings. The molecular formula is C22H21FN2O6S. The highest BCUT2D eigenvalue weighted by atomic mass is 32.2. The van der Waals surface area contributed by atoms with E-state index in [0.29, 0.717) is 5.75 Å². The molecular weight excluding hydrogens is 439 g/mol. The summed E-state index contributed by atoms with van der Waals surface area (Å²) in [5.41, 5.74) is -0.626. The highest BCUT2D eigenvalue weighted by Gasteiger charge is 2.62. The van der Waals surface area contributed by atoms with E-state index in [-0.39, 0.29) is 43.1 Å². The Morgan fingerprint density at radius 1 is 1.12 bits per heavy atom. The molecule has 2 aromatic carbocycles. The van der Waals surface area contributed by atoms with Crippen LogP contribution in [0.15, 0.2) is 42.5 Å². The molecule has 168 valence electrons. The Balaban J connectivity index is 1.53. The standard InChI is InChI=1S/C22H21FN2O6S/c1-30-15-7-5-14(6-8-15)11-24-22(12-31-13-22)18(9-10-32(24,28)29)25-20(26)16-3-2-4-17(23)19(16)21(25)27/h2-8,18H,9-13H2,1H3. The minimum atomic E-state index is -3.68. The Morgan fingerprint density at radius 3 is 2.44 bits per heavy atom. The van der Waals surface area contributed by atoms with Crippen LogP contribution in [0.1, 0.15) is 32.7 Å². The number of carbonyl (C=O) groups excluding carboxylic acids is 2. The summed E-state index contributed by atoms with van der Waals surface area (Å²) in [6.07, 6.45) is 0.0674. The first kappa shape index (κ1) is 21.0. The van der Waals surface area contributed by atoms with E-state index in [1.165, 1.54) is 16.4 Å². The minimum absolute atomic E-state index is 0.000488. The van der Waals surface area contributed by atoms with Crippen molar-refractivity contribution in [1.82, 2.24) is 9.21 Å². The van der Waals surface area contributed by atoms with Crippen molar-refractivity contribution in [3.05, 3.63) is 65.0 Å². The Labute approximate surface area is 184 Å². The largest absolute Gasteiger partial charge is 0.497 e. The predicted molar refractivity (Wildman–Crippen MR) is 111 cm³/mol. The second kappa shape index (κ2) is 7.36. The number of hydrogen-bond acceptors (Lipinski definition) is 6. The van der Waals surface area contributed by atoms with Gasteiger partial charge in [0.25, 0.3) is 11.8 Å². The van der Waals surface area contributed by atoms with Gasteiger partial charge < -0.3 is 9.47 Å². The first-order valence-electron chi connectivity index (χ1n) is 10.2. The van der Waals surface area contributed by atoms with Crippen molar-refractivity contribution in [2.45, 2.75) is 24.5 Å². The molecule has 1 atom stereocenters. The topological polar surface area (TPSA) is 93.2 Å². The number of nitrogens with zero attached hydrogens (tertiary/aromatic N) is 2. The van der Waals surface area contributed by atoms with E-state index in [0.717, 1.165) is 16.5 Å². The van der Waals surface area contributed by atoms with Crippen LogP contribution in [-0.2, 0) is 21.3 Å². The molecule has 3 aliphatic heterocycles. The molecule has 1 unspecified atom stereocenters. The van der Waals surface area contributed by atoms with Gasteiger partial charge in [0.15, 0.2) is 0 Å². The number of carbonyl (C=O) groups is 2. The van der Waals surface area contributed by atoms with Crippen molar-refractivity contribution in [3.8, 4) is 5.75 Å². The molecule has 0 bridgehead atoms. The van der Waals surface area contributed by atoms with Crippen LogP contribution in [-0.4, -0.2) is 67.1 Å². The first-order chi connectivity index (χ1) is 15.3. The fourth-order valence-corrected chi connectivity index (χ4v) is 6.67. The summed E-state index contributed by atoms with van der Waals surface area (Å²) in [4.78, 5) is 27.2.